The van der Waals surface area contributed by atoms with Crippen LogP contribution in [0.4, 0.5) is 15.8 Å². The van der Waals surface area contributed by atoms with Crippen molar-refractivity contribution in [1.29, 1.82) is 0 Å². The van der Waals surface area contributed by atoms with Crippen molar-refractivity contribution in [2.24, 2.45) is 10.7 Å². The van der Waals surface area contributed by atoms with Crippen LogP contribution in [0.15, 0.2) is 23.2 Å². The zero-order chi connectivity index (χ0) is 13.0. The van der Waals surface area contributed by atoms with Gasteiger partial charge in [-0.1, -0.05) is 0 Å². The molecule has 5 heteroatoms. The van der Waals surface area contributed by atoms with Gasteiger partial charge in [0.2, 0.25) is 0 Å². The molecule has 0 aliphatic carbocycles. The highest BCUT2D eigenvalue weighted by Gasteiger charge is 2.15. The first kappa shape index (κ1) is 13.1. The van der Waals surface area contributed by atoms with Crippen molar-refractivity contribution in [3.63, 3.8) is 0 Å². The van der Waals surface area contributed by atoms with Gasteiger partial charge in [0.1, 0.15) is 11.7 Å². The lowest BCUT2D eigenvalue weighted by molar-refractivity contribution is 0.577. The van der Waals surface area contributed by atoms with Crippen LogP contribution in [0.25, 0.3) is 0 Å². The first-order valence-electron chi connectivity index (χ1n) is 6.14. The zero-order valence-electron chi connectivity index (χ0n) is 10.2. The Hall–Kier alpha value is -1.29. The van der Waals surface area contributed by atoms with Crippen LogP contribution in [0, 0.1) is 5.82 Å². The molecule has 0 radical (unpaired) electrons. The van der Waals surface area contributed by atoms with E-state index in [-0.39, 0.29) is 11.7 Å². The molecule has 0 atom stereocenters. The van der Waals surface area contributed by atoms with E-state index in [4.69, 9.17) is 17.3 Å². The Labute approximate surface area is 111 Å². The molecule has 2 rings (SSSR count). The number of nitrogens with two attached hydrogens (primary N) is 1. The molecule has 0 bridgehead atoms. The predicted molar refractivity (Wildman–Crippen MR) is 74.5 cm³/mol. The van der Waals surface area contributed by atoms with E-state index >= 15 is 0 Å². The zero-order valence-corrected chi connectivity index (χ0v) is 11.0. The van der Waals surface area contributed by atoms with Crippen LogP contribution >= 0.6 is 11.6 Å². The third kappa shape index (κ3) is 3.13. The van der Waals surface area contributed by atoms with E-state index in [9.17, 15) is 4.39 Å². The number of amidine groups is 1. The molecule has 2 N–H and O–H groups in total. The molecule has 1 fully saturated rings. The molecule has 1 aromatic carbocycles. The summed E-state index contributed by atoms with van der Waals surface area (Å²) < 4.78 is 13.3. The fraction of sp³-hybridized carbons (Fsp3) is 0.462. The maximum atomic E-state index is 13.3. The quantitative estimate of drug-likeness (QED) is 0.521. The number of nitrogens with zero attached hydrogens (tertiary/aromatic N) is 2. The van der Waals surface area contributed by atoms with Crippen molar-refractivity contribution in [1.82, 2.24) is 0 Å². The molecular weight excluding hydrogens is 253 g/mol. The summed E-state index contributed by atoms with van der Waals surface area (Å²) in [5.74, 6) is 0.146. The van der Waals surface area contributed by atoms with E-state index < -0.39 is 0 Å². The molecule has 1 aromatic rings. The van der Waals surface area contributed by atoms with Crippen molar-refractivity contribution in [3.8, 4) is 0 Å². The van der Waals surface area contributed by atoms with Crippen molar-refractivity contribution in [3.05, 3.63) is 24.0 Å². The molecule has 1 aliphatic rings. The molecule has 1 saturated heterocycles. The second kappa shape index (κ2) is 6.05. The lowest BCUT2D eigenvalue weighted by Gasteiger charge is -2.29. The standard InChI is InChI=1S/C13H17ClFN3/c14-9-13(16)17-11-8-10(15)4-5-12(11)18-6-2-1-3-7-18/h4-5,8H,1-3,6-7,9H2,(H2,16,17). The average molecular weight is 270 g/mol. The number of halogens is 2. The van der Waals surface area contributed by atoms with Crippen LogP contribution in [0.1, 0.15) is 19.3 Å². The SMILES string of the molecule is NC(CCl)=Nc1cc(F)ccc1N1CCCCC1. The van der Waals surface area contributed by atoms with E-state index in [0.717, 1.165) is 31.6 Å². The predicted octanol–water partition coefficient (Wildman–Crippen LogP) is 3.04. The first-order chi connectivity index (χ1) is 8.70. The van der Waals surface area contributed by atoms with Crippen LogP contribution < -0.4 is 10.6 Å². The summed E-state index contributed by atoms with van der Waals surface area (Å²) in [6.45, 7) is 1.96. The van der Waals surface area contributed by atoms with Gasteiger partial charge in [-0.2, -0.15) is 0 Å². The number of hydrogen-bond donors (Lipinski definition) is 1. The molecule has 0 amide bonds. The van der Waals surface area contributed by atoms with Crippen LogP contribution in [-0.4, -0.2) is 24.8 Å². The van der Waals surface area contributed by atoms with Gasteiger partial charge in [0.05, 0.1) is 17.3 Å². The van der Waals surface area contributed by atoms with Gasteiger partial charge in [-0.25, -0.2) is 9.38 Å². The summed E-state index contributed by atoms with van der Waals surface area (Å²) in [7, 11) is 0. The number of anilines is 1. The van der Waals surface area contributed by atoms with E-state index in [0.29, 0.717) is 11.5 Å². The molecule has 0 unspecified atom stereocenters. The Balaban J connectivity index is 2.33. The molecule has 18 heavy (non-hydrogen) atoms. The minimum Gasteiger partial charge on any atom is -0.386 e. The number of alkyl halides is 1. The molecule has 3 nitrogen and oxygen atoms in total. The minimum absolute atomic E-state index is 0.149. The Kier molecular flexibility index (Phi) is 4.42. The number of benzene rings is 1. The van der Waals surface area contributed by atoms with Crippen molar-refractivity contribution < 1.29 is 4.39 Å². The third-order valence-corrected chi connectivity index (χ3v) is 3.31. The molecule has 1 aliphatic heterocycles. The summed E-state index contributed by atoms with van der Waals surface area (Å²) in [4.78, 5) is 6.42. The van der Waals surface area contributed by atoms with Crippen LogP contribution in [-0.2, 0) is 0 Å². The Morgan fingerprint density at radius 2 is 2.06 bits per heavy atom. The van der Waals surface area contributed by atoms with Crippen LogP contribution in [0.2, 0.25) is 0 Å². The summed E-state index contributed by atoms with van der Waals surface area (Å²) in [5.41, 5.74) is 7.13. The molecule has 0 saturated carbocycles. The van der Waals surface area contributed by atoms with Gasteiger partial charge in [-0.15, -0.1) is 11.6 Å². The number of aliphatic imine (C=N–C) groups is 1. The van der Waals surface area contributed by atoms with Crippen molar-refractivity contribution in [2.75, 3.05) is 23.9 Å². The maximum Gasteiger partial charge on any atom is 0.125 e. The second-order valence-corrected chi connectivity index (χ2v) is 4.68. The van der Waals surface area contributed by atoms with Gasteiger partial charge in [0.25, 0.3) is 0 Å². The number of piperidine rings is 1. The molecule has 0 spiro atoms. The van der Waals surface area contributed by atoms with Gasteiger partial charge in [-0.05, 0) is 31.4 Å². The summed E-state index contributed by atoms with van der Waals surface area (Å²) >= 11 is 5.62. The van der Waals surface area contributed by atoms with E-state index in [2.05, 4.69) is 9.89 Å². The molecule has 0 aromatic heterocycles. The Morgan fingerprint density at radius 1 is 1.33 bits per heavy atom. The van der Waals surface area contributed by atoms with Gasteiger partial charge in [-0.3, -0.25) is 0 Å². The monoisotopic (exact) mass is 269 g/mol. The molecular formula is C13H17ClFN3. The van der Waals surface area contributed by atoms with Crippen LogP contribution in [0.5, 0.6) is 0 Å². The van der Waals surface area contributed by atoms with Gasteiger partial charge >= 0.3 is 0 Å². The van der Waals surface area contributed by atoms with Crippen molar-refractivity contribution >= 4 is 28.8 Å². The summed E-state index contributed by atoms with van der Waals surface area (Å²) in [5, 5.41) is 0. The first-order valence-corrected chi connectivity index (χ1v) is 6.67. The van der Waals surface area contributed by atoms with Gasteiger partial charge in [0.15, 0.2) is 0 Å². The molecule has 98 valence electrons. The van der Waals surface area contributed by atoms with E-state index in [1.54, 1.807) is 6.07 Å². The second-order valence-electron chi connectivity index (χ2n) is 4.42. The normalized spacial score (nSPS) is 17.0. The largest absolute Gasteiger partial charge is 0.386 e. The highest BCUT2D eigenvalue weighted by Crippen LogP contribution is 2.31. The smallest absolute Gasteiger partial charge is 0.125 e. The summed E-state index contributed by atoms with van der Waals surface area (Å²) in [6.07, 6.45) is 3.57. The number of rotatable bonds is 3. The maximum absolute atomic E-state index is 13.3. The lowest BCUT2D eigenvalue weighted by Crippen LogP contribution is -2.29. The van der Waals surface area contributed by atoms with E-state index in [1.165, 1.54) is 18.6 Å². The fourth-order valence-corrected chi connectivity index (χ4v) is 2.23. The summed E-state index contributed by atoms with van der Waals surface area (Å²) in [6, 6.07) is 4.63. The van der Waals surface area contributed by atoms with Crippen molar-refractivity contribution in [2.45, 2.75) is 19.3 Å². The number of hydrogen-bond acceptors (Lipinski definition) is 2. The Bertz CT molecular complexity index is 442. The highest BCUT2D eigenvalue weighted by molar-refractivity contribution is 6.28. The van der Waals surface area contributed by atoms with E-state index in [1.807, 2.05) is 0 Å². The molecule has 1 heterocycles. The Morgan fingerprint density at radius 3 is 2.72 bits per heavy atom. The highest BCUT2D eigenvalue weighted by atomic mass is 35.5. The van der Waals surface area contributed by atoms with Gasteiger partial charge in [0, 0.05) is 19.2 Å². The topological polar surface area (TPSA) is 41.6 Å². The third-order valence-electron chi connectivity index (χ3n) is 3.04. The average Bonchev–Trinajstić information content (AvgIpc) is 2.40. The lowest BCUT2D eigenvalue weighted by atomic mass is 10.1. The van der Waals surface area contributed by atoms with Gasteiger partial charge < -0.3 is 10.6 Å². The fourth-order valence-electron chi connectivity index (χ4n) is 2.17. The minimum atomic E-state index is -0.308. The van der Waals surface area contributed by atoms with Crippen LogP contribution in [0.3, 0.4) is 0 Å².